The molecule has 0 aliphatic rings. The lowest BCUT2D eigenvalue weighted by atomic mass is 10.2. The average Bonchev–Trinajstić information content (AvgIpc) is 2.68. The predicted molar refractivity (Wildman–Crippen MR) is 120 cm³/mol. The molecule has 0 unspecified atom stereocenters. The minimum Gasteiger partial charge on any atom is -0.496 e. The topological polar surface area (TPSA) is 55.3 Å². The molecule has 2 rings (SSSR count). The molecule has 0 saturated carbocycles. The number of halogens is 1. The number of nitrogens with one attached hydrogen (secondary N) is 1. The Labute approximate surface area is 178 Å². The van der Waals surface area contributed by atoms with Crippen LogP contribution in [0.15, 0.2) is 47.5 Å². The van der Waals surface area contributed by atoms with Gasteiger partial charge in [0, 0.05) is 38.3 Å². The number of hydrogen-bond acceptors (Lipinski definition) is 4. The molecule has 0 spiro atoms. The molecule has 0 heterocycles. The highest BCUT2D eigenvalue weighted by atomic mass is 127. The van der Waals surface area contributed by atoms with Crippen molar-refractivity contribution in [2.24, 2.45) is 4.99 Å². The number of ether oxygens (including phenoxy) is 3. The highest BCUT2D eigenvalue weighted by Crippen LogP contribution is 2.30. The van der Waals surface area contributed by atoms with Gasteiger partial charge in [0.05, 0.1) is 21.3 Å². The molecule has 27 heavy (non-hydrogen) atoms. The molecule has 0 atom stereocenters. The van der Waals surface area contributed by atoms with Crippen molar-refractivity contribution in [1.82, 2.24) is 10.2 Å². The predicted octanol–water partition coefficient (Wildman–Crippen LogP) is 3.54. The molecule has 0 radical (unpaired) electrons. The van der Waals surface area contributed by atoms with Crippen LogP contribution in [0.2, 0.25) is 0 Å². The molecule has 0 amide bonds. The number of benzene rings is 2. The lowest BCUT2D eigenvalue weighted by Crippen LogP contribution is -2.38. The molecule has 2 aromatic carbocycles. The SMILES string of the molecule is CN=C(NCc1cccc(OC)c1OC)N(C)Cc1ccccc1OC.I. The van der Waals surface area contributed by atoms with Gasteiger partial charge in [-0.1, -0.05) is 30.3 Å². The van der Waals surface area contributed by atoms with Gasteiger partial charge < -0.3 is 24.4 Å². The molecule has 0 aliphatic carbocycles. The Morgan fingerprint density at radius 3 is 2.19 bits per heavy atom. The van der Waals surface area contributed by atoms with Crippen LogP contribution >= 0.6 is 24.0 Å². The van der Waals surface area contributed by atoms with Gasteiger partial charge >= 0.3 is 0 Å². The Morgan fingerprint density at radius 1 is 0.926 bits per heavy atom. The third-order valence-electron chi connectivity index (χ3n) is 4.09. The number of hydrogen-bond donors (Lipinski definition) is 1. The lowest BCUT2D eigenvalue weighted by molar-refractivity contribution is 0.351. The van der Waals surface area contributed by atoms with Crippen LogP contribution in [-0.4, -0.2) is 46.3 Å². The Balaban J connectivity index is 0.00000364. The summed E-state index contributed by atoms with van der Waals surface area (Å²) in [5, 5.41) is 3.37. The van der Waals surface area contributed by atoms with Crippen LogP contribution < -0.4 is 19.5 Å². The Bertz CT molecular complexity index is 753. The molecule has 0 bridgehead atoms. The van der Waals surface area contributed by atoms with Crippen LogP contribution in [0, 0.1) is 0 Å². The van der Waals surface area contributed by atoms with Gasteiger partial charge in [-0.2, -0.15) is 0 Å². The number of methoxy groups -OCH3 is 3. The molecular formula is C20H28IN3O3. The van der Waals surface area contributed by atoms with Crippen LogP contribution in [0.5, 0.6) is 17.2 Å². The van der Waals surface area contributed by atoms with Gasteiger partial charge in [-0.15, -0.1) is 24.0 Å². The van der Waals surface area contributed by atoms with Gasteiger partial charge in [-0.05, 0) is 12.1 Å². The maximum atomic E-state index is 5.48. The van der Waals surface area contributed by atoms with E-state index in [0.717, 1.165) is 28.6 Å². The Hall–Kier alpha value is -2.16. The highest BCUT2D eigenvalue weighted by Gasteiger charge is 2.13. The number of nitrogens with zero attached hydrogens (tertiary/aromatic N) is 2. The van der Waals surface area contributed by atoms with Gasteiger partial charge in [0.15, 0.2) is 17.5 Å². The Kier molecular flexibility index (Phi) is 9.77. The number of aliphatic imine (C=N–C) groups is 1. The molecule has 0 aliphatic heterocycles. The third kappa shape index (κ3) is 5.92. The maximum Gasteiger partial charge on any atom is 0.193 e. The summed E-state index contributed by atoms with van der Waals surface area (Å²) in [6, 6.07) is 13.8. The maximum absolute atomic E-state index is 5.48. The molecule has 2 aromatic rings. The fraction of sp³-hybridized carbons (Fsp3) is 0.350. The third-order valence-corrected chi connectivity index (χ3v) is 4.09. The summed E-state index contributed by atoms with van der Waals surface area (Å²) >= 11 is 0. The van der Waals surface area contributed by atoms with Crippen molar-refractivity contribution in [3.63, 3.8) is 0 Å². The van der Waals surface area contributed by atoms with Crippen molar-refractivity contribution in [3.8, 4) is 17.2 Å². The van der Waals surface area contributed by atoms with Crippen LogP contribution in [-0.2, 0) is 13.1 Å². The molecule has 148 valence electrons. The molecule has 0 aromatic heterocycles. The van der Waals surface area contributed by atoms with Crippen LogP contribution in [0.3, 0.4) is 0 Å². The summed E-state index contributed by atoms with van der Waals surface area (Å²) in [6.07, 6.45) is 0. The molecule has 0 saturated heterocycles. The fourth-order valence-electron chi connectivity index (χ4n) is 2.82. The van der Waals surface area contributed by atoms with E-state index in [9.17, 15) is 0 Å². The van der Waals surface area contributed by atoms with E-state index in [0.29, 0.717) is 18.8 Å². The molecular weight excluding hydrogens is 457 g/mol. The first-order valence-electron chi connectivity index (χ1n) is 8.38. The number of guanidine groups is 1. The zero-order chi connectivity index (χ0) is 18.9. The van der Waals surface area contributed by atoms with Crippen molar-refractivity contribution in [1.29, 1.82) is 0 Å². The monoisotopic (exact) mass is 485 g/mol. The first kappa shape index (κ1) is 22.9. The Morgan fingerprint density at radius 2 is 1.56 bits per heavy atom. The van der Waals surface area contributed by atoms with Crippen LogP contribution in [0.25, 0.3) is 0 Å². The second-order valence-corrected chi connectivity index (χ2v) is 5.72. The minimum atomic E-state index is 0. The summed E-state index contributed by atoms with van der Waals surface area (Å²) in [5.74, 6) is 3.08. The summed E-state index contributed by atoms with van der Waals surface area (Å²) in [4.78, 5) is 6.42. The van der Waals surface area contributed by atoms with Crippen molar-refractivity contribution in [3.05, 3.63) is 53.6 Å². The van der Waals surface area contributed by atoms with Gasteiger partial charge in [-0.3, -0.25) is 4.99 Å². The van der Waals surface area contributed by atoms with E-state index in [2.05, 4.69) is 10.3 Å². The molecule has 6 nitrogen and oxygen atoms in total. The van der Waals surface area contributed by atoms with Crippen LogP contribution in [0.1, 0.15) is 11.1 Å². The summed E-state index contributed by atoms with van der Waals surface area (Å²) < 4.78 is 16.3. The molecule has 1 N–H and O–H groups in total. The second kappa shape index (κ2) is 11.5. The van der Waals surface area contributed by atoms with Gasteiger partial charge in [0.2, 0.25) is 0 Å². The van der Waals surface area contributed by atoms with E-state index in [1.807, 2.05) is 54.4 Å². The zero-order valence-corrected chi connectivity index (χ0v) is 18.8. The van der Waals surface area contributed by atoms with E-state index >= 15 is 0 Å². The summed E-state index contributed by atoms with van der Waals surface area (Å²) in [5.41, 5.74) is 2.10. The van der Waals surface area contributed by atoms with Gasteiger partial charge in [0.1, 0.15) is 5.75 Å². The summed E-state index contributed by atoms with van der Waals surface area (Å²) in [6.45, 7) is 1.25. The van der Waals surface area contributed by atoms with Crippen molar-refractivity contribution in [2.75, 3.05) is 35.4 Å². The molecule has 0 fully saturated rings. The first-order chi connectivity index (χ1) is 12.6. The van der Waals surface area contributed by atoms with E-state index in [1.165, 1.54) is 0 Å². The lowest BCUT2D eigenvalue weighted by Gasteiger charge is -2.23. The zero-order valence-electron chi connectivity index (χ0n) is 16.5. The van der Waals surface area contributed by atoms with Gasteiger partial charge in [-0.25, -0.2) is 0 Å². The fourth-order valence-corrected chi connectivity index (χ4v) is 2.82. The van der Waals surface area contributed by atoms with E-state index in [1.54, 1.807) is 28.4 Å². The van der Waals surface area contributed by atoms with Crippen molar-refractivity contribution in [2.45, 2.75) is 13.1 Å². The smallest absolute Gasteiger partial charge is 0.193 e. The second-order valence-electron chi connectivity index (χ2n) is 5.72. The standard InChI is InChI=1S/C20H27N3O3.HI/c1-21-20(23(2)14-16-9-6-7-11-17(16)24-3)22-13-15-10-8-12-18(25-4)19(15)26-5;/h6-12H,13-14H2,1-5H3,(H,21,22);1H. The van der Waals surface area contributed by atoms with E-state index < -0.39 is 0 Å². The highest BCUT2D eigenvalue weighted by molar-refractivity contribution is 14.0. The van der Waals surface area contributed by atoms with E-state index in [4.69, 9.17) is 14.2 Å². The normalized spacial score (nSPS) is 10.6. The van der Waals surface area contributed by atoms with Crippen molar-refractivity contribution >= 4 is 29.9 Å². The number of para-hydroxylation sites is 2. The summed E-state index contributed by atoms with van der Waals surface area (Å²) in [7, 11) is 8.72. The largest absolute Gasteiger partial charge is 0.496 e. The first-order valence-corrected chi connectivity index (χ1v) is 8.38. The van der Waals surface area contributed by atoms with Crippen LogP contribution in [0.4, 0.5) is 0 Å². The average molecular weight is 485 g/mol. The quantitative estimate of drug-likeness (QED) is 0.370. The molecule has 7 heteroatoms. The van der Waals surface area contributed by atoms with Crippen molar-refractivity contribution < 1.29 is 14.2 Å². The number of rotatable bonds is 7. The van der Waals surface area contributed by atoms with Gasteiger partial charge in [0.25, 0.3) is 0 Å². The van der Waals surface area contributed by atoms with E-state index in [-0.39, 0.29) is 24.0 Å². The minimum absolute atomic E-state index is 0.